The molecule has 0 aliphatic carbocycles. The van der Waals surface area contributed by atoms with E-state index in [0.717, 1.165) is 12.1 Å². The number of hydrazine groups is 1. The molecule has 7 nitrogen and oxygen atoms in total. The van der Waals surface area contributed by atoms with Crippen molar-refractivity contribution in [1.29, 1.82) is 0 Å². The average Bonchev–Trinajstić information content (AvgIpc) is 2.81. The van der Waals surface area contributed by atoms with E-state index in [0.29, 0.717) is 12.0 Å². The lowest BCUT2D eigenvalue weighted by Crippen LogP contribution is -2.34. The van der Waals surface area contributed by atoms with E-state index in [1.165, 1.54) is 6.07 Å². The first-order chi connectivity index (χ1) is 9.84. The Kier molecular flexibility index (Phi) is 3.96. The van der Waals surface area contributed by atoms with Crippen molar-refractivity contribution in [2.75, 3.05) is 10.7 Å². The smallest absolute Gasteiger partial charge is 0.360 e. The van der Waals surface area contributed by atoms with Gasteiger partial charge in [0.05, 0.1) is 5.56 Å². The van der Waals surface area contributed by atoms with Gasteiger partial charge in [-0.25, -0.2) is 15.2 Å². The molecule has 0 saturated carbocycles. The molecule has 0 saturated heterocycles. The van der Waals surface area contributed by atoms with Crippen LogP contribution in [-0.4, -0.2) is 16.2 Å². The van der Waals surface area contributed by atoms with Gasteiger partial charge < -0.3 is 4.52 Å². The summed E-state index contributed by atoms with van der Waals surface area (Å²) in [6, 6.07) is 2.75. The summed E-state index contributed by atoms with van der Waals surface area (Å²) < 4.78 is 41.7. The van der Waals surface area contributed by atoms with Crippen molar-refractivity contribution < 1.29 is 22.5 Å². The van der Waals surface area contributed by atoms with Crippen molar-refractivity contribution >= 4 is 17.7 Å². The molecule has 2 amide bonds. The molecule has 0 aliphatic rings. The topological polar surface area (TPSA) is 92.1 Å². The maximum absolute atomic E-state index is 12.3. The fourth-order valence-electron chi connectivity index (χ4n) is 1.33. The molecule has 3 N–H and O–H groups in total. The lowest BCUT2D eigenvalue weighted by atomic mass is 10.3. The van der Waals surface area contributed by atoms with E-state index in [1.54, 1.807) is 6.92 Å². The number of aryl methyl sites for hydroxylation is 1. The normalized spacial score (nSPS) is 11.0. The van der Waals surface area contributed by atoms with Crippen LogP contribution in [-0.2, 0) is 6.18 Å². The fraction of sp³-hybridized carbons (Fsp3) is 0.182. The van der Waals surface area contributed by atoms with E-state index in [4.69, 9.17) is 4.52 Å². The predicted octanol–water partition coefficient (Wildman–Crippen LogP) is 2.55. The number of anilines is 2. The first kappa shape index (κ1) is 14.6. The number of aromatic nitrogens is 2. The summed E-state index contributed by atoms with van der Waals surface area (Å²) in [5.41, 5.74) is 3.66. The summed E-state index contributed by atoms with van der Waals surface area (Å²) in [7, 11) is 0. The van der Waals surface area contributed by atoms with E-state index >= 15 is 0 Å². The van der Waals surface area contributed by atoms with E-state index < -0.39 is 17.8 Å². The molecule has 0 aromatic carbocycles. The molecule has 2 aromatic rings. The number of amides is 2. The van der Waals surface area contributed by atoms with Crippen LogP contribution in [0.3, 0.4) is 0 Å². The van der Waals surface area contributed by atoms with Gasteiger partial charge in [0.1, 0.15) is 11.6 Å². The van der Waals surface area contributed by atoms with Gasteiger partial charge in [0.25, 0.3) is 0 Å². The molecule has 2 rings (SSSR count). The van der Waals surface area contributed by atoms with E-state index in [2.05, 4.69) is 26.3 Å². The summed E-state index contributed by atoms with van der Waals surface area (Å²) in [6.45, 7) is 1.65. The number of carbonyl (C=O) groups is 1. The summed E-state index contributed by atoms with van der Waals surface area (Å²) in [5, 5.41) is 5.88. The molecule has 0 unspecified atom stereocenters. The average molecular weight is 301 g/mol. The van der Waals surface area contributed by atoms with Crippen LogP contribution in [0.2, 0.25) is 0 Å². The maximum Gasteiger partial charge on any atom is 0.417 e. The Hall–Kier alpha value is -2.78. The number of rotatable bonds is 3. The van der Waals surface area contributed by atoms with Crippen LogP contribution in [0.1, 0.15) is 11.3 Å². The highest BCUT2D eigenvalue weighted by Gasteiger charge is 2.30. The van der Waals surface area contributed by atoms with Crippen molar-refractivity contribution in [2.45, 2.75) is 13.1 Å². The number of alkyl halides is 3. The molecule has 0 atom stereocenters. The molecule has 21 heavy (non-hydrogen) atoms. The second kappa shape index (κ2) is 5.69. The highest BCUT2D eigenvalue weighted by molar-refractivity contribution is 5.88. The standard InChI is InChI=1S/C11H10F3N5O2/c1-6-4-9(19-21-6)16-10(20)18-17-8-3-2-7(5-15-8)11(12,13)14/h2-5H,1H3,(H,15,17)(H2,16,18,19,20). The van der Waals surface area contributed by atoms with E-state index in [9.17, 15) is 18.0 Å². The van der Waals surface area contributed by atoms with Gasteiger partial charge in [-0.2, -0.15) is 13.2 Å². The van der Waals surface area contributed by atoms with E-state index in [-0.39, 0.29) is 11.6 Å². The Balaban J connectivity index is 1.86. The van der Waals surface area contributed by atoms with Crippen LogP contribution in [0.5, 0.6) is 0 Å². The number of hydrogen-bond donors (Lipinski definition) is 3. The van der Waals surface area contributed by atoms with Crippen LogP contribution in [0.15, 0.2) is 28.9 Å². The SMILES string of the molecule is Cc1cc(NC(=O)NNc2ccc(C(F)(F)F)cn2)no1. The third-order valence-corrected chi connectivity index (χ3v) is 2.26. The molecular weight excluding hydrogens is 291 g/mol. The molecule has 112 valence electrons. The van der Waals surface area contributed by atoms with Crippen molar-refractivity contribution in [2.24, 2.45) is 0 Å². The minimum Gasteiger partial charge on any atom is -0.360 e. The second-order valence-electron chi connectivity index (χ2n) is 3.96. The number of halogens is 3. The molecule has 0 spiro atoms. The third kappa shape index (κ3) is 4.09. The molecule has 0 aliphatic heterocycles. The molecule has 10 heteroatoms. The van der Waals surface area contributed by atoms with Gasteiger partial charge in [0.15, 0.2) is 5.82 Å². The molecule has 2 heterocycles. The molecule has 0 fully saturated rings. The zero-order chi connectivity index (χ0) is 15.5. The van der Waals surface area contributed by atoms with Crippen molar-refractivity contribution in [3.8, 4) is 0 Å². The molecule has 0 radical (unpaired) electrons. The highest BCUT2D eigenvalue weighted by Crippen LogP contribution is 2.28. The van der Waals surface area contributed by atoms with Crippen molar-refractivity contribution in [3.05, 3.63) is 35.7 Å². The number of nitrogens with one attached hydrogen (secondary N) is 3. The zero-order valence-electron chi connectivity index (χ0n) is 10.7. The largest absolute Gasteiger partial charge is 0.417 e. The Labute approximate surface area is 116 Å². The lowest BCUT2D eigenvalue weighted by molar-refractivity contribution is -0.137. The van der Waals surface area contributed by atoms with Gasteiger partial charge >= 0.3 is 12.2 Å². The number of carbonyl (C=O) groups excluding carboxylic acids is 1. The summed E-state index contributed by atoms with van der Waals surface area (Å²) >= 11 is 0. The third-order valence-electron chi connectivity index (χ3n) is 2.26. The minimum atomic E-state index is -4.46. The summed E-state index contributed by atoms with van der Waals surface area (Å²) in [5.74, 6) is 0.768. The Bertz CT molecular complexity index is 624. The van der Waals surface area contributed by atoms with Crippen LogP contribution in [0.4, 0.5) is 29.6 Å². The number of pyridine rings is 1. The van der Waals surface area contributed by atoms with Gasteiger partial charge in [-0.3, -0.25) is 10.7 Å². The summed E-state index contributed by atoms with van der Waals surface area (Å²) in [4.78, 5) is 15.0. The van der Waals surface area contributed by atoms with E-state index in [1.807, 2.05) is 0 Å². The highest BCUT2D eigenvalue weighted by atomic mass is 19.4. The van der Waals surface area contributed by atoms with Gasteiger partial charge in [-0.05, 0) is 19.1 Å². The maximum atomic E-state index is 12.3. The Morgan fingerprint density at radius 2 is 2.05 bits per heavy atom. The second-order valence-corrected chi connectivity index (χ2v) is 3.96. The molecular formula is C11H10F3N5O2. The fourth-order valence-corrected chi connectivity index (χ4v) is 1.33. The Morgan fingerprint density at radius 1 is 1.29 bits per heavy atom. The predicted molar refractivity (Wildman–Crippen MR) is 66.3 cm³/mol. The summed E-state index contributed by atoms with van der Waals surface area (Å²) in [6.07, 6.45) is -3.80. The Morgan fingerprint density at radius 3 is 2.57 bits per heavy atom. The quantitative estimate of drug-likeness (QED) is 0.758. The number of nitrogens with zero attached hydrogens (tertiary/aromatic N) is 2. The van der Waals surface area contributed by atoms with Crippen LogP contribution < -0.4 is 16.2 Å². The first-order valence-corrected chi connectivity index (χ1v) is 5.64. The van der Waals surface area contributed by atoms with Crippen LogP contribution in [0.25, 0.3) is 0 Å². The van der Waals surface area contributed by atoms with Gasteiger partial charge in [-0.1, -0.05) is 5.16 Å². The van der Waals surface area contributed by atoms with Crippen molar-refractivity contribution in [3.63, 3.8) is 0 Å². The number of urea groups is 1. The molecule has 0 bridgehead atoms. The van der Waals surface area contributed by atoms with Gasteiger partial charge in [-0.15, -0.1) is 0 Å². The minimum absolute atomic E-state index is 0.0504. The lowest BCUT2D eigenvalue weighted by Gasteiger charge is -2.09. The number of hydrogen-bond acceptors (Lipinski definition) is 5. The van der Waals surface area contributed by atoms with Crippen LogP contribution in [0, 0.1) is 6.92 Å². The van der Waals surface area contributed by atoms with Crippen molar-refractivity contribution in [1.82, 2.24) is 15.6 Å². The van der Waals surface area contributed by atoms with Gasteiger partial charge in [0.2, 0.25) is 0 Å². The molecule has 2 aromatic heterocycles. The zero-order valence-corrected chi connectivity index (χ0v) is 10.7. The van der Waals surface area contributed by atoms with Gasteiger partial charge in [0, 0.05) is 12.3 Å². The first-order valence-electron chi connectivity index (χ1n) is 5.64. The van der Waals surface area contributed by atoms with Crippen LogP contribution >= 0.6 is 0 Å². The monoisotopic (exact) mass is 301 g/mol.